The van der Waals surface area contributed by atoms with E-state index >= 15 is 0 Å². The Morgan fingerprint density at radius 2 is 1.82 bits per heavy atom. The van der Waals surface area contributed by atoms with Gasteiger partial charge < -0.3 is 4.90 Å². The van der Waals surface area contributed by atoms with Crippen molar-refractivity contribution in [2.24, 2.45) is 0 Å². The summed E-state index contributed by atoms with van der Waals surface area (Å²) >= 11 is 7.83. The average Bonchev–Trinajstić information content (AvgIpc) is 3.16. The SMILES string of the molecule is Cl.Clc1ccc2nc(N3CCN(C4CCCC4)CC3)sc2c1. The summed E-state index contributed by atoms with van der Waals surface area (Å²) in [5.41, 5.74) is 1.07. The zero-order valence-corrected chi connectivity index (χ0v) is 14.9. The van der Waals surface area contributed by atoms with E-state index < -0.39 is 0 Å². The van der Waals surface area contributed by atoms with Crippen LogP contribution in [-0.4, -0.2) is 42.1 Å². The second-order valence-corrected chi connectivity index (χ2v) is 7.52. The third kappa shape index (κ3) is 3.21. The molecule has 0 atom stereocenters. The first kappa shape index (κ1) is 16.3. The van der Waals surface area contributed by atoms with E-state index in [1.54, 1.807) is 11.3 Å². The van der Waals surface area contributed by atoms with E-state index in [0.717, 1.165) is 34.8 Å². The molecule has 6 heteroatoms. The number of anilines is 1. The summed E-state index contributed by atoms with van der Waals surface area (Å²) in [4.78, 5) is 9.89. The molecular weight excluding hydrogens is 337 g/mol. The Morgan fingerprint density at radius 3 is 2.55 bits per heavy atom. The largest absolute Gasteiger partial charge is 0.345 e. The number of thiazole rings is 1. The van der Waals surface area contributed by atoms with Gasteiger partial charge in [-0.1, -0.05) is 35.8 Å². The number of piperazine rings is 1. The highest BCUT2D eigenvalue weighted by Gasteiger charge is 2.27. The summed E-state index contributed by atoms with van der Waals surface area (Å²) in [6, 6.07) is 6.81. The van der Waals surface area contributed by atoms with Crippen molar-refractivity contribution in [1.29, 1.82) is 0 Å². The maximum absolute atomic E-state index is 6.06. The van der Waals surface area contributed by atoms with Gasteiger partial charge in [-0.15, -0.1) is 12.4 Å². The predicted octanol–water partition coefficient (Wildman–Crippen LogP) is 4.44. The quantitative estimate of drug-likeness (QED) is 0.791. The highest BCUT2D eigenvalue weighted by Crippen LogP contribution is 2.32. The van der Waals surface area contributed by atoms with Crippen LogP contribution in [-0.2, 0) is 0 Å². The maximum atomic E-state index is 6.06. The molecule has 0 radical (unpaired) electrons. The zero-order chi connectivity index (χ0) is 14.2. The first-order chi connectivity index (χ1) is 10.3. The van der Waals surface area contributed by atoms with Crippen LogP contribution in [0.5, 0.6) is 0 Å². The van der Waals surface area contributed by atoms with Crippen LogP contribution < -0.4 is 4.90 Å². The van der Waals surface area contributed by atoms with Gasteiger partial charge in [-0.2, -0.15) is 0 Å². The number of fused-ring (bicyclic) bond motifs is 1. The van der Waals surface area contributed by atoms with E-state index in [9.17, 15) is 0 Å². The van der Waals surface area contributed by atoms with E-state index in [1.165, 1.54) is 43.5 Å². The Labute approximate surface area is 146 Å². The normalized spacial score (nSPS) is 20.5. The zero-order valence-electron chi connectivity index (χ0n) is 12.5. The molecule has 0 amide bonds. The first-order valence-electron chi connectivity index (χ1n) is 7.85. The van der Waals surface area contributed by atoms with Gasteiger partial charge in [-0.05, 0) is 31.0 Å². The molecule has 2 fully saturated rings. The summed E-state index contributed by atoms with van der Waals surface area (Å²) in [6.45, 7) is 4.57. The van der Waals surface area contributed by atoms with Crippen LogP contribution in [0.2, 0.25) is 5.02 Å². The summed E-state index contributed by atoms with van der Waals surface area (Å²) in [7, 11) is 0. The molecule has 4 rings (SSSR count). The molecule has 1 saturated carbocycles. The highest BCUT2D eigenvalue weighted by molar-refractivity contribution is 7.22. The first-order valence-corrected chi connectivity index (χ1v) is 9.04. The molecule has 1 saturated heterocycles. The van der Waals surface area contributed by atoms with Crippen molar-refractivity contribution in [3.8, 4) is 0 Å². The van der Waals surface area contributed by atoms with E-state index in [4.69, 9.17) is 16.6 Å². The fourth-order valence-electron chi connectivity index (χ4n) is 3.57. The number of nitrogens with zero attached hydrogens (tertiary/aromatic N) is 3. The lowest BCUT2D eigenvalue weighted by atomic mass is 10.2. The number of benzene rings is 1. The third-order valence-corrected chi connectivity index (χ3v) is 6.08. The van der Waals surface area contributed by atoms with Crippen molar-refractivity contribution in [3.63, 3.8) is 0 Å². The van der Waals surface area contributed by atoms with E-state index in [0.29, 0.717) is 0 Å². The van der Waals surface area contributed by atoms with Gasteiger partial charge in [0.15, 0.2) is 5.13 Å². The van der Waals surface area contributed by atoms with Gasteiger partial charge in [0.05, 0.1) is 10.2 Å². The van der Waals surface area contributed by atoms with Gasteiger partial charge in [-0.25, -0.2) is 4.98 Å². The molecule has 3 nitrogen and oxygen atoms in total. The molecule has 1 aromatic heterocycles. The minimum Gasteiger partial charge on any atom is -0.345 e. The van der Waals surface area contributed by atoms with Crippen molar-refractivity contribution in [3.05, 3.63) is 23.2 Å². The molecule has 1 aliphatic heterocycles. The summed E-state index contributed by atoms with van der Waals surface area (Å²) in [5.74, 6) is 0. The lowest BCUT2D eigenvalue weighted by Gasteiger charge is -2.37. The minimum absolute atomic E-state index is 0. The van der Waals surface area contributed by atoms with Crippen LogP contribution in [0, 0.1) is 0 Å². The number of halogens is 2. The molecule has 1 aliphatic carbocycles. The van der Waals surface area contributed by atoms with Gasteiger partial charge in [0.25, 0.3) is 0 Å². The fraction of sp³-hybridized carbons (Fsp3) is 0.562. The molecule has 0 spiro atoms. The molecular formula is C16H21Cl2N3S. The summed E-state index contributed by atoms with van der Waals surface area (Å²) in [6.07, 6.45) is 5.65. The summed E-state index contributed by atoms with van der Waals surface area (Å²) < 4.78 is 1.19. The Kier molecular flexibility index (Phi) is 5.13. The summed E-state index contributed by atoms with van der Waals surface area (Å²) in [5, 5.41) is 1.95. The Morgan fingerprint density at radius 1 is 1.09 bits per heavy atom. The van der Waals surface area contributed by atoms with Gasteiger partial charge in [0.2, 0.25) is 0 Å². The van der Waals surface area contributed by atoms with Crippen LogP contribution in [0.25, 0.3) is 10.2 Å². The Hall–Kier alpha value is -0.550. The van der Waals surface area contributed by atoms with Crippen LogP contribution in [0.3, 0.4) is 0 Å². The monoisotopic (exact) mass is 357 g/mol. The number of aromatic nitrogens is 1. The molecule has 2 heterocycles. The molecule has 2 aromatic rings. The molecule has 0 unspecified atom stereocenters. The van der Waals surface area contributed by atoms with Crippen LogP contribution in [0.4, 0.5) is 5.13 Å². The molecule has 0 N–H and O–H groups in total. The van der Waals surface area contributed by atoms with Gasteiger partial charge in [0, 0.05) is 37.2 Å². The molecule has 2 aliphatic rings. The van der Waals surface area contributed by atoms with Crippen LogP contribution in [0.1, 0.15) is 25.7 Å². The molecule has 22 heavy (non-hydrogen) atoms. The topological polar surface area (TPSA) is 19.4 Å². The Balaban J connectivity index is 0.00000144. The standard InChI is InChI=1S/C16H20ClN3S.ClH/c17-12-5-6-14-15(11-12)21-16(18-14)20-9-7-19(8-10-20)13-3-1-2-4-13;/h5-6,11,13H,1-4,7-10H2;1H. The van der Waals surface area contributed by atoms with Gasteiger partial charge >= 0.3 is 0 Å². The van der Waals surface area contributed by atoms with Crippen molar-refractivity contribution < 1.29 is 0 Å². The van der Waals surface area contributed by atoms with Crippen LogP contribution >= 0.6 is 35.3 Å². The number of rotatable bonds is 2. The van der Waals surface area contributed by atoms with E-state index in [2.05, 4.69) is 9.80 Å². The van der Waals surface area contributed by atoms with Crippen molar-refractivity contribution in [2.75, 3.05) is 31.1 Å². The van der Waals surface area contributed by atoms with Crippen LogP contribution in [0.15, 0.2) is 18.2 Å². The molecule has 1 aromatic carbocycles. The lowest BCUT2D eigenvalue weighted by molar-refractivity contribution is 0.187. The predicted molar refractivity (Wildman–Crippen MR) is 97.9 cm³/mol. The maximum Gasteiger partial charge on any atom is 0.186 e. The van der Waals surface area contributed by atoms with E-state index in [-0.39, 0.29) is 12.4 Å². The smallest absolute Gasteiger partial charge is 0.186 e. The second-order valence-electron chi connectivity index (χ2n) is 6.07. The Bertz CT molecular complexity index is 631. The fourth-order valence-corrected chi connectivity index (χ4v) is 4.86. The lowest BCUT2D eigenvalue weighted by Crippen LogP contribution is -2.49. The van der Waals surface area contributed by atoms with Gasteiger partial charge in [0.1, 0.15) is 0 Å². The molecule has 120 valence electrons. The van der Waals surface area contributed by atoms with Gasteiger partial charge in [-0.3, -0.25) is 4.90 Å². The van der Waals surface area contributed by atoms with Crippen molar-refractivity contribution in [1.82, 2.24) is 9.88 Å². The van der Waals surface area contributed by atoms with E-state index in [1.807, 2.05) is 18.2 Å². The highest BCUT2D eigenvalue weighted by atomic mass is 35.5. The average molecular weight is 358 g/mol. The number of hydrogen-bond donors (Lipinski definition) is 0. The molecule has 0 bridgehead atoms. The van der Waals surface area contributed by atoms with Crippen molar-refractivity contribution in [2.45, 2.75) is 31.7 Å². The number of hydrogen-bond acceptors (Lipinski definition) is 4. The second kappa shape index (κ2) is 6.91. The third-order valence-electron chi connectivity index (χ3n) is 4.77. The van der Waals surface area contributed by atoms with Crippen molar-refractivity contribution >= 4 is 50.7 Å². The minimum atomic E-state index is 0.